The van der Waals surface area contributed by atoms with E-state index in [2.05, 4.69) is 6.26 Å². The SMILES string of the molecule is C[S+](CCSCC[C@H](N)C(=O)O)CC[C@H](N)C(=O)O.[I-]. The summed E-state index contributed by atoms with van der Waals surface area (Å²) in [5.74, 6) is 1.59. The molecule has 0 amide bonds. The maximum atomic E-state index is 10.5. The van der Waals surface area contributed by atoms with Crippen LogP contribution >= 0.6 is 11.8 Å². The molecule has 0 aliphatic rings. The number of halogens is 1. The average Bonchev–Trinajstić information content (AvgIpc) is 2.34. The van der Waals surface area contributed by atoms with E-state index in [0.717, 1.165) is 23.0 Å². The molecule has 0 aromatic rings. The van der Waals surface area contributed by atoms with E-state index in [1.165, 1.54) is 0 Å². The number of hydrogen-bond acceptors (Lipinski definition) is 5. The fourth-order valence-electron chi connectivity index (χ4n) is 1.19. The van der Waals surface area contributed by atoms with Gasteiger partial charge >= 0.3 is 11.9 Å². The lowest BCUT2D eigenvalue weighted by molar-refractivity contribution is -0.139. The van der Waals surface area contributed by atoms with Gasteiger partial charge in [-0.15, -0.1) is 0 Å². The van der Waals surface area contributed by atoms with Crippen LogP contribution in [0.15, 0.2) is 0 Å². The highest BCUT2D eigenvalue weighted by Crippen LogP contribution is 2.07. The molecular weight excluding hydrogens is 415 g/mol. The van der Waals surface area contributed by atoms with Crippen molar-refractivity contribution in [3.05, 3.63) is 0 Å². The van der Waals surface area contributed by atoms with Crippen LogP contribution in [-0.4, -0.2) is 63.5 Å². The van der Waals surface area contributed by atoms with Gasteiger partial charge in [0.15, 0.2) is 0 Å². The topological polar surface area (TPSA) is 127 Å². The number of hydrogen-bond donors (Lipinski definition) is 4. The highest BCUT2D eigenvalue weighted by molar-refractivity contribution is 8.01. The maximum absolute atomic E-state index is 10.5. The third-order valence-electron chi connectivity index (χ3n) is 2.56. The Bertz CT molecular complexity index is 298. The van der Waals surface area contributed by atoms with Gasteiger partial charge in [0.1, 0.15) is 23.6 Å². The normalized spacial score (nSPS) is 14.9. The fourth-order valence-corrected chi connectivity index (χ4v) is 4.29. The van der Waals surface area contributed by atoms with Gasteiger partial charge in [0.2, 0.25) is 0 Å². The lowest BCUT2D eigenvalue weighted by atomic mass is 10.2. The Kier molecular flexibility index (Phi) is 14.7. The number of carbonyl (C=O) groups is 2. The monoisotopic (exact) mass is 438 g/mol. The van der Waals surface area contributed by atoms with Crippen LogP contribution in [0.2, 0.25) is 0 Å². The van der Waals surface area contributed by atoms with E-state index < -0.39 is 24.0 Å². The molecule has 120 valence electrons. The van der Waals surface area contributed by atoms with E-state index in [-0.39, 0.29) is 34.9 Å². The van der Waals surface area contributed by atoms with Crippen molar-refractivity contribution in [2.75, 3.05) is 29.3 Å². The fraction of sp³-hybridized carbons (Fsp3) is 0.818. The Hall–Kier alpha value is 0.290. The number of aliphatic carboxylic acids is 2. The predicted molar refractivity (Wildman–Crippen MR) is 80.8 cm³/mol. The molecule has 6 nitrogen and oxygen atoms in total. The van der Waals surface area contributed by atoms with E-state index in [1.54, 1.807) is 11.8 Å². The first-order chi connectivity index (χ1) is 8.84. The third-order valence-corrected chi connectivity index (χ3v) is 5.67. The van der Waals surface area contributed by atoms with Crippen molar-refractivity contribution in [2.45, 2.75) is 24.9 Å². The van der Waals surface area contributed by atoms with Crippen molar-refractivity contribution < 1.29 is 43.8 Å². The molecule has 0 spiro atoms. The highest BCUT2D eigenvalue weighted by Gasteiger charge is 2.18. The van der Waals surface area contributed by atoms with Crippen LogP contribution in [0, 0.1) is 0 Å². The quantitative estimate of drug-likeness (QED) is 0.150. The molecule has 20 heavy (non-hydrogen) atoms. The van der Waals surface area contributed by atoms with Crippen molar-refractivity contribution in [3.63, 3.8) is 0 Å². The molecular formula is C11H23IN2O4S2. The summed E-state index contributed by atoms with van der Waals surface area (Å²) >= 11 is 1.68. The Labute approximate surface area is 143 Å². The molecule has 3 atom stereocenters. The Morgan fingerprint density at radius 1 is 1.05 bits per heavy atom. The van der Waals surface area contributed by atoms with Crippen LogP contribution in [0.3, 0.4) is 0 Å². The summed E-state index contributed by atoms with van der Waals surface area (Å²) in [5, 5.41) is 17.3. The van der Waals surface area contributed by atoms with E-state index in [9.17, 15) is 9.59 Å². The number of nitrogens with two attached hydrogens (primary N) is 2. The number of carboxylic acids is 2. The van der Waals surface area contributed by atoms with Gasteiger partial charge in [-0.05, 0) is 23.1 Å². The first-order valence-corrected chi connectivity index (χ1v) is 9.10. The summed E-state index contributed by atoms with van der Waals surface area (Å²) in [5.41, 5.74) is 10.8. The molecule has 9 heteroatoms. The van der Waals surface area contributed by atoms with Gasteiger partial charge in [0, 0.05) is 12.2 Å². The number of thioether (sulfide) groups is 1. The Balaban J connectivity index is 0. The minimum absolute atomic E-state index is 0. The second-order valence-electron chi connectivity index (χ2n) is 4.27. The third kappa shape index (κ3) is 12.1. The van der Waals surface area contributed by atoms with Crippen molar-refractivity contribution >= 4 is 34.6 Å². The van der Waals surface area contributed by atoms with Crippen molar-refractivity contribution in [1.29, 1.82) is 0 Å². The van der Waals surface area contributed by atoms with Crippen LogP contribution in [0.25, 0.3) is 0 Å². The van der Waals surface area contributed by atoms with Gasteiger partial charge in [-0.3, -0.25) is 9.59 Å². The molecule has 6 N–H and O–H groups in total. The molecule has 0 aromatic heterocycles. The largest absolute Gasteiger partial charge is 1.00 e. The summed E-state index contributed by atoms with van der Waals surface area (Å²) in [6, 6.07) is -1.54. The van der Waals surface area contributed by atoms with E-state index in [1.807, 2.05) is 0 Å². The molecule has 0 saturated heterocycles. The molecule has 0 aromatic carbocycles. The molecule has 0 fully saturated rings. The standard InChI is InChI=1S/C11H22N2O4S2.HI/c1-19(6-3-9(13)11(16)17)7-5-18-4-2-8(12)10(14)15;/h8-9H,2-7,12-13H2,1H3,(H-,14,15,16,17);1H/t8-,9-,19?;/m0./s1. The predicted octanol–water partition coefficient (Wildman–Crippen LogP) is -3.42. The van der Waals surface area contributed by atoms with Crippen LogP contribution in [0.1, 0.15) is 12.8 Å². The lowest BCUT2D eigenvalue weighted by Crippen LogP contribution is -3.00. The molecule has 0 bridgehead atoms. The van der Waals surface area contributed by atoms with Crippen molar-refractivity contribution in [2.24, 2.45) is 11.5 Å². The Morgan fingerprint density at radius 2 is 1.55 bits per heavy atom. The molecule has 0 rings (SSSR count). The zero-order chi connectivity index (χ0) is 14.8. The van der Waals surface area contributed by atoms with Crippen LogP contribution in [0.4, 0.5) is 0 Å². The van der Waals surface area contributed by atoms with Crippen LogP contribution in [0.5, 0.6) is 0 Å². The minimum Gasteiger partial charge on any atom is -1.00 e. The second-order valence-corrected chi connectivity index (χ2v) is 7.87. The van der Waals surface area contributed by atoms with E-state index >= 15 is 0 Å². The lowest BCUT2D eigenvalue weighted by Gasteiger charge is -2.07. The van der Waals surface area contributed by atoms with Crippen molar-refractivity contribution in [3.8, 4) is 0 Å². The van der Waals surface area contributed by atoms with Gasteiger partial charge in [-0.2, -0.15) is 11.8 Å². The first-order valence-electron chi connectivity index (χ1n) is 5.98. The molecule has 0 heterocycles. The highest BCUT2D eigenvalue weighted by atomic mass is 127. The summed E-state index contributed by atoms with van der Waals surface area (Å²) in [4.78, 5) is 21.0. The summed E-state index contributed by atoms with van der Waals surface area (Å²) in [7, 11) is 0.158. The Morgan fingerprint density at radius 3 is 2.05 bits per heavy atom. The minimum atomic E-state index is -0.960. The maximum Gasteiger partial charge on any atom is 0.320 e. The second kappa shape index (κ2) is 13.0. The zero-order valence-electron chi connectivity index (χ0n) is 11.5. The average molecular weight is 438 g/mol. The summed E-state index contributed by atoms with van der Waals surface area (Å²) in [6.07, 6.45) is 3.07. The van der Waals surface area contributed by atoms with Gasteiger partial charge in [0.05, 0.1) is 6.26 Å². The molecule has 0 aliphatic carbocycles. The zero-order valence-corrected chi connectivity index (χ0v) is 15.2. The van der Waals surface area contributed by atoms with Gasteiger partial charge in [0.25, 0.3) is 0 Å². The molecule has 0 radical (unpaired) electrons. The van der Waals surface area contributed by atoms with Gasteiger partial charge in [-0.1, -0.05) is 0 Å². The first kappa shape index (κ1) is 22.6. The van der Waals surface area contributed by atoms with E-state index in [0.29, 0.717) is 12.8 Å². The van der Waals surface area contributed by atoms with Gasteiger partial charge < -0.3 is 45.7 Å². The molecule has 0 saturated carbocycles. The summed E-state index contributed by atoms with van der Waals surface area (Å²) in [6.45, 7) is 0. The van der Waals surface area contributed by atoms with Crippen LogP contribution < -0.4 is 35.4 Å². The molecule has 0 aliphatic heterocycles. The molecule has 1 unspecified atom stereocenters. The summed E-state index contributed by atoms with van der Waals surface area (Å²) < 4.78 is 0. The van der Waals surface area contributed by atoms with E-state index in [4.69, 9.17) is 21.7 Å². The van der Waals surface area contributed by atoms with Crippen LogP contribution in [-0.2, 0) is 20.5 Å². The van der Waals surface area contributed by atoms with Gasteiger partial charge in [-0.25, -0.2) is 0 Å². The van der Waals surface area contributed by atoms with Crippen molar-refractivity contribution in [1.82, 2.24) is 0 Å². The smallest absolute Gasteiger partial charge is 0.320 e. The number of rotatable bonds is 11. The number of carboxylic acid groups (broad SMARTS) is 2.